The fourth-order valence-corrected chi connectivity index (χ4v) is 2.66. The Labute approximate surface area is 136 Å². The molecule has 6 nitrogen and oxygen atoms in total. The number of carbonyl (C=O) groups excluding carboxylic acids is 1. The van der Waals surface area contributed by atoms with Crippen molar-refractivity contribution >= 4 is 35.2 Å². The summed E-state index contributed by atoms with van der Waals surface area (Å²) in [5, 5.41) is 15.5. The normalized spacial score (nSPS) is 11.5. The number of nitrogens with zero attached hydrogens (tertiary/aromatic N) is 3. The summed E-state index contributed by atoms with van der Waals surface area (Å²) in [6.45, 7) is 5.67. The van der Waals surface area contributed by atoms with Gasteiger partial charge in [0.05, 0.1) is 21.0 Å². The van der Waals surface area contributed by atoms with Crippen LogP contribution < -0.4 is 0 Å². The van der Waals surface area contributed by atoms with Crippen LogP contribution in [0, 0.1) is 10.1 Å². The molecule has 8 heteroatoms. The average Bonchev–Trinajstić information content (AvgIpc) is 2.75. The number of non-ortho nitro benzene ring substituents is 1. The number of aromatic nitrogens is 2. The molecule has 0 radical (unpaired) electrons. The minimum Gasteiger partial charge on any atom is -0.298 e. The maximum absolute atomic E-state index is 11.4. The lowest BCUT2D eigenvalue weighted by Crippen LogP contribution is -2.23. The highest BCUT2D eigenvalue weighted by atomic mass is 35.5. The van der Waals surface area contributed by atoms with Crippen LogP contribution >= 0.6 is 23.2 Å². The van der Waals surface area contributed by atoms with Gasteiger partial charge in [-0.3, -0.25) is 14.9 Å². The lowest BCUT2D eigenvalue weighted by molar-refractivity contribution is -0.384. The lowest BCUT2D eigenvalue weighted by Gasteiger charge is -2.20. The molecule has 0 spiro atoms. The topological polar surface area (TPSA) is 78.0 Å². The van der Waals surface area contributed by atoms with E-state index in [0.29, 0.717) is 17.5 Å². The van der Waals surface area contributed by atoms with Crippen LogP contribution in [0.1, 0.15) is 31.1 Å². The summed E-state index contributed by atoms with van der Waals surface area (Å²) >= 11 is 12.3. The second-order valence-corrected chi connectivity index (χ2v) is 6.44. The first-order chi connectivity index (χ1) is 10.2. The molecule has 0 unspecified atom stereocenters. The zero-order chi connectivity index (χ0) is 16.7. The largest absolute Gasteiger partial charge is 0.298 e. The number of hydrogen-bond donors (Lipinski definition) is 0. The quantitative estimate of drug-likeness (QED) is 0.472. The molecule has 116 valence electrons. The molecule has 0 N–H and O–H groups in total. The summed E-state index contributed by atoms with van der Waals surface area (Å²) in [4.78, 5) is 21.6. The van der Waals surface area contributed by atoms with Gasteiger partial charge in [0.15, 0.2) is 6.29 Å². The Bertz CT molecular complexity index is 763. The Balaban J connectivity index is 2.68. The molecule has 1 aromatic carbocycles. The highest BCUT2D eigenvalue weighted by molar-refractivity contribution is 6.35. The zero-order valence-corrected chi connectivity index (χ0v) is 13.6. The Morgan fingerprint density at radius 3 is 2.41 bits per heavy atom. The van der Waals surface area contributed by atoms with Crippen molar-refractivity contribution in [3.05, 3.63) is 44.1 Å². The molecule has 0 aliphatic carbocycles. The van der Waals surface area contributed by atoms with Gasteiger partial charge in [0, 0.05) is 17.7 Å². The van der Waals surface area contributed by atoms with Gasteiger partial charge in [0.1, 0.15) is 10.8 Å². The van der Waals surface area contributed by atoms with Crippen molar-refractivity contribution in [2.24, 2.45) is 0 Å². The number of rotatable bonds is 3. The number of aldehydes is 1. The first-order valence-corrected chi connectivity index (χ1v) is 7.11. The molecular weight excluding hydrogens is 329 g/mol. The fourth-order valence-electron chi connectivity index (χ4n) is 1.97. The van der Waals surface area contributed by atoms with Gasteiger partial charge in [-0.1, -0.05) is 23.2 Å². The SMILES string of the molecule is CC(C)(C)n1nc(-c2ccc([N+](=O)[O-])cc2Cl)c(C=O)c1Cl. The summed E-state index contributed by atoms with van der Waals surface area (Å²) in [5.74, 6) is 0. The highest BCUT2D eigenvalue weighted by Crippen LogP contribution is 2.36. The van der Waals surface area contributed by atoms with E-state index in [-0.39, 0.29) is 21.4 Å². The van der Waals surface area contributed by atoms with Crippen LogP contribution in [0.3, 0.4) is 0 Å². The monoisotopic (exact) mass is 341 g/mol. The summed E-state index contributed by atoms with van der Waals surface area (Å²) in [7, 11) is 0. The van der Waals surface area contributed by atoms with Crippen molar-refractivity contribution in [3.8, 4) is 11.3 Å². The fraction of sp³-hybridized carbons (Fsp3) is 0.286. The van der Waals surface area contributed by atoms with Crippen molar-refractivity contribution in [1.29, 1.82) is 0 Å². The molecule has 1 heterocycles. The van der Waals surface area contributed by atoms with E-state index in [2.05, 4.69) is 5.10 Å². The predicted octanol–water partition coefficient (Wildman–Crippen LogP) is 4.33. The molecule has 0 aliphatic heterocycles. The van der Waals surface area contributed by atoms with Gasteiger partial charge in [0.2, 0.25) is 0 Å². The molecule has 2 rings (SSSR count). The third-order valence-electron chi connectivity index (χ3n) is 3.04. The maximum Gasteiger partial charge on any atom is 0.270 e. The van der Waals surface area contributed by atoms with E-state index in [0.717, 1.165) is 0 Å². The van der Waals surface area contributed by atoms with Crippen LogP contribution in [-0.4, -0.2) is 21.0 Å². The molecule has 0 aliphatic rings. The van der Waals surface area contributed by atoms with Gasteiger partial charge in [-0.2, -0.15) is 5.10 Å². The molecule has 0 bridgehead atoms. The van der Waals surface area contributed by atoms with Crippen molar-refractivity contribution < 1.29 is 9.72 Å². The summed E-state index contributed by atoms with van der Waals surface area (Å²) in [6, 6.07) is 3.98. The standard InChI is InChI=1S/C14H13Cl2N3O3/c1-14(2,3)18-13(16)10(7-20)12(17-18)9-5-4-8(19(21)22)6-11(9)15/h4-7H,1-3H3. The van der Waals surface area contributed by atoms with E-state index in [1.165, 1.54) is 22.9 Å². The molecule has 0 atom stereocenters. The van der Waals surface area contributed by atoms with Crippen molar-refractivity contribution in [3.63, 3.8) is 0 Å². The van der Waals surface area contributed by atoms with Crippen LogP contribution in [0.2, 0.25) is 10.2 Å². The third-order valence-corrected chi connectivity index (χ3v) is 3.71. The molecule has 0 fully saturated rings. The maximum atomic E-state index is 11.4. The minimum absolute atomic E-state index is 0.132. The first-order valence-electron chi connectivity index (χ1n) is 6.35. The minimum atomic E-state index is -0.545. The van der Waals surface area contributed by atoms with Crippen LogP contribution in [0.15, 0.2) is 18.2 Å². The summed E-state index contributed by atoms with van der Waals surface area (Å²) in [5.41, 5.74) is 0.351. The van der Waals surface area contributed by atoms with Crippen LogP contribution in [0.5, 0.6) is 0 Å². The first kappa shape index (κ1) is 16.5. The van der Waals surface area contributed by atoms with Gasteiger partial charge in [0.25, 0.3) is 5.69 Å². The Morgan fingerprint density at radius 1 is 1.32 bits per heavy atom. The van der Waals surface area contributed by atoms with Crippen LogP contribution in [-0.2, 0) is 5.54 Å². The van der Waals surface area contributed by atoms with E-state index >= 15 is 0 Å². The number of benzene rings is 1. The molecule has 1 aromatic heterocycles. The Morgan fingerprint density at radius 2 is 1.95 bits per heavy atom. The lowest BCUT2D eigenvalue weighted by atomic mass is 10.1. The average molecular weight is 342 g/mol. The van der Waals surface area contributed by atoms with Crippen molar-refractivity contribution in [2.75, 3.05) is 0 Å². The van der Waals surface area contributed by atoms with Crippen LogP contribution in [0.4, 0.5) is 5.69 Å². The molecule has 2 aromatic rings. The smallest absolute Gasteiger partial charge is 0.270 e. The van der Waals surface area contributed by atoms with Gasteiger partial charge in [-0.15, -0.1) is 0 Å². The number of hydrogen-bond acceptors (Lipinski definition) is 4. The highest BCUT2D eigenvalue weighted by Gasteiger charge is 2.25. The van der Waals surface area contributed by atoms with E-state index in [9.17, 15) is 14.9 Å². The van der Waals surface area contributed by atoms with E-state index in [1.807, 2.05) is 20.8 Å². The molecule has 0 saturated carbocycles. The van der Waals surface area contributed by atoms with Gasteiger partial charge in [-0.25, -0.2) is 4.68 Å². The van der Waals surface area contributed by atoms with E-state index < -0.39 is 10.5 Å². The van der Waals surface area contributed by atoms with Crippen LogP contribution in [0.25, 0.3) is 11.3 Å². The zero-order valence-electron chi connectivity index (χ0n) is 12.1. The second kappa shape index (κ2) is 5.70. The molecule has 22 heavy (non-hydrogen) atoms. The van der Waals surface area contributed by atoms with E-state index in [1.54, 1.807) is 0 Å². The summed E-state index contributed by atoms with van der Waals surface area (Å²) < 4.78 is 1.52. The second-order valence-electron chi connectivity index (χ2n) is 5.67. The van der Waals surface area contributed by atoms with Gasteiger partial charge >= 0.3 is 0 Å². The number of carbonyl (C=O) groups is 1. The molecule has 0 saturated heterocycles. The number of nitro groups is 1. The van der Waals surface area contributed by atoms with Crippen molar-refractivity contribution in [2.45, 2.75) is 26.3 Å². The third kappa shape index (κ3) is 2.84. The Hall–Kier alpha value is -1.92. The van der Waals surface area contributed by atoms with Gasteiger partial charge < -0.3 is 0 Å². The number of nitro benzene ring substituents is 1. The Kier molecular flexibility index (Phi) is 4.26. The summed E-state index contributed by atoms with van der Waals surface area (Å²) in [6.07, 6.45) is 0.602. The van der Waals surface area contributed by atoms with Gasteiger partial charge in [-0.05, 0) is 26.8 Å². The molecule has 0 amide bonds. The number of halogens is 2. The predicted molar refractivity (Wildman–Crippen MR) is 84.7 cm³/mol. The van der Waals surface area contributed by atoms with E-state index in [4.69, 9.17) is 23.2 Å². The van der Waals surface area contributed by atoms with Crippen molar-refractivity contribution in [1.82, 2.24) is 9.78 Å². The molecular formula is C14H13Cl2N3O3.